The predicted molar refractivity (Wildman–Crippen MR) is 92.6 cm³/mol. The van der Waals surface area contributed by atoms with Gasteiger partial charge in [0.25, 0.3) is 5.91 Å². The normalized spacial score (nSPS) is 15.2. The number of ether oxygens (including phenoxy) is 1. The van der Waals surface area contributed by atoms with Crippen LogP contribution < -0.4 is 10.7 Å². The summed E-state index contributed by atoms with van der Waals surface area (Å²) in [6.07, 6.45) is 1.18. The fourth-order valence-corrected chi connectivity index (χ4v) is 2.51. The molecule has 1 atom stereocenters. The number of esters is 1. The lowest BCUT2D eigenvalue weighted by Crippen LogP contribution is -2.35. The maximum atomic E-state index is 12.1. The summed E-state index contributed by atoms with van der Waals surface area (Å²) in [6, 6.07) is 9.54. The lowest BCUT2D eigenvalue weighted by molar-refractivity contribution is -0.142. The Morgan fingerprint density at radius 3 is 2.56 bits per heavy atom. The van der Waals surface area contributed by atoms with Crippen LogP contribution >= 0.6 is 0 Å². The van der Waals surface area contributed by atoms with Crippen molar-refractivity contribution in [1.82, 2.24) is 10.7 Å². The Kier molecular flexibility index (Phi) is 6.68. The monoisotopic (exact) mass is 345 g/mol. The highest BCUT2D eigenvalue weighted by atomic mass is 16.5. The van der Waals surface area contributed by atoms with E-state index in [4.69, 9.17) is 4.74 Å². The molecule has 2 rings (SSSR count). The number of carbonyl (C=O) groups excluding carboxylic acids is 3. The van der Waals surface area contributed by atoms with Crippen LogP contribution in [0.15, 0.2) is 35.4 Å². The van der Waals surface area contributed by atoms with Crippen molar-refractivity contribution >= 4 is 23.5 Å². The third-order valence-corrected chi connectivity index (χ3v) is 3.72. The highest BCUT2D eigenvalue weighted by Crippen LogP contribution is 2.20. The van der Waals surface area contributed by atoms with Crippen molar-refractivity contribution in [2.75, 3.05) is 6.61 Å². The summed E-state index contributed by atoms with van der Waals surface area (Å²) < 4.78 is 4.99. The van der Waals surface area contributed by atoms with Gasteiger partial charge in [-0.2, -0.15) is 5.10 Å². The molecule has 0 unspecified atom stereocenters. The van der Waals surface area contributed by atoms with E-state index in [0.717, 1.165) is 12.0 Å². The molecule has 0 spiro atoms. The smallest absolute Gasteiger partial charge is 0.355 e. The first-order valence-electron chi connectivity index (χ1n) is 8.32. The molecule has 0 saturated heterocycles. The maximum absolute atomic E-state index is 12.1. The second-order valence-electron chi connectivity index (χ2n) is 6.33. The standard InChI is InChI=1S/C18H23N3O4/c1-12(2)10-15(13-6-4-3-5-7-13)19-17(23)11-25-18(24)14-8-9-16(22)21-20-14/h3-7,12,15H,8-11H2,1-2H3,(H,19,23)(H,21,22)/t15-/m1/s1. The van der Waals surface area contributed by atoms with E-state index < -0.39 is 5.97 Å². The summed E-state index contributed by atoms with van der Waals surface area (Å²) in [6.45, 7) is 3.78. The molecular weight excluding hydrogens is 322 g/mol. The number of nitrogens with zero attached hydrogens (tertiary/aromatic N) is 1. The fourth-order valence-electron chi connectivity index (χ4n) is 2.51. The van der Waals surface area contributed by atoms with E-state index in [2.05, 4.69) is 29.7 Å². The van der Waals surface area contributed by atoms with Crippen LogP contribution in [-0.4, -0.2) is 30.1 Å². The van der Waals surface area contributed by atoms with Gasteiger partial charge < -0.3 is 10.1 Å². The molecule has 1 aliphatic heterocycles. The van der Waals surface area contributed by atoms with Crippen LogP contribution in [0.2, 0.25) is 0 Å². The van der Waals surface area contributed by atoms with Crippen molar-refractivity contribution in [3.8, 4) is 0 Å². The Morgan fingerprint density at radius 1 is 1.24 bits per heavy atom. The topological polar surface area (TPSA) is 96.9 Å². The number of carbonyl (C=O) groups is 3. The summed E-state index contributed by atoms with van der Waals surface area (Å²) in [5.41, 5.74) is 3.35. The summed E-state index contributed by atoms with van der Waals surface area (Å²) >= 11 is 0. The zero-order valence-corrected chi connectivity index (χ0v) is 14.5. The van der Waals surface area contributed by atoms with E-state index in [9.17, 15) is 14.4 Å². The van der Waals surface area contributed by atoms with Crippen molar-refractivity contribution in [2.45, 2.75) is 39.2 Å². The molecule has 7 heteroatoms. The second-order valence-corrected chi connectivity index (χ2v) is 6.33. The van der Waals surface area contributed by atoms with Gasteiger partial charge in [-0.25, -0.2) is 10.2 Å². The summed E-state index contributed by atoms with van der Waals surface area (Å²) in [4.78, 5) is 35.0. The Morgan fingerprint density at radius 2 is 1.96 bits per heavy atom. The molecule has 25 heavy (non-hydrogen) atoms. The quantitative estimate of drug-likeness (QED) is 0.735. The van der Waals surface area contributed by atoms with Crippen molar-refractivity contribution < 1.29 is 19.1 Å². The number of amides is 2. The Bertz CT molecular complexity index is 656. The highest BCUT2D eigenvalue weighted by Gasteiger charge is 2.21. The van der Waals surface area contributed by atoms with E-state index in [0.29, 0.717) is 5.92 Å². The number of nitrogens with one attached hydrogen (secondary N) is 2. The third kappa shape index (κ3) is 6.02. The van der Waals surface area contributed by atoms with E-state index >= 15 is 0 Å². The minimum atomic E-state index is -0.685. The molecule has 0 aromatic heterocycles. The zero-order chi connectivity index (χ0) is 18.2. The van der Waals surface area contributed by atoms with Crippen LogP contribution in [0.5, 0.6) is 0 Å². The Hall–Kier alpha value is -2.70. The number of hydrogen-bond donors (Lipinski definition) is 2. The van der Waals surface area contributed by atoms with Crippen LogP contribution in [0.3, 0.4) is 0 Å². The van der Waals surface area contributed by atoms with Gasteiger partial charge in [0.2, 0.25) is 5.91 Å². The number of hydrogen-bond acceptors (Lipinski definition) is 5. The molecule has 2 N–H and O–H groups in total. The van der Waals surface area contributed by atoms with Gasteiger partial charge in [0.15, 0.2) is 6.61 Å². The molecule has 0 saturated carbocycles. The van der Waals surface area contributed by atoms with Crippen molar-refractivity contribution in [2.24, 2.45) is 11.0 Å². The fraction of sp³-hybridized carbons (Fsp3) is 0.444. The molecule has 0 radical (unpaired) electrons. The lowest BCUT2D eigenvalue weighted by Gasteiger charge is -2.21. The van der Waals surface area contributed by atoms with E-state index in [1.807, 2.05) is 30.3 Å². The summed E-state index contributed by atoms with van der Waals surface area (Å²) in [5, 5.41) is 6.55. The highest BCUT2D eigenvalue weighted by molar-refractivity contribution is 6.37. The summed E-state index contributed by atoms with van der Waals surface area (Å²) in [5.74, 6) is -0.902. The molecular formula is C18H23N3O4. The lowest BCUT2D eigenvalue weighted by atomic mass is 9.97. The largest absolute Gasteiger partial charge is 0.451 e. The average Bonchev–Trinajstić information content (AvgIpc) is 2.60. The first-order chi connectivity index (χ1) is 12.0. The van der Waals surface area contributed by atoms with Gasteiger partial charge in [-0.3, -0.25) is 9.59 Å². The maximum Gasteiger partial charge on any atom is 0.355 e. The average molecular weight is 345 g/mol. The van der Waals surface area contributed by atoms with E-state index in [1.54, 1.807) is 0 Å². The molecule has 1 aromatic rings. The van der Waals surface area contributed by atoms with E-state index in [1.165, 1.54) is 0 Å². The van der Waals surface area contributed by atoms with Crippen molar-refractivity contribution in [1.29, 1.82) is 0 Å². The number of benzene rings is 1. The molecule has 7 nitrogen and oxygen atoms in total. The van der Waals surface area contributed by atoms with E-state index in [-0.39, 0.29) is 43.0 Å². The van der Waals surface area contributed by atoms with Crippen LogP contribution in [0.25, 0.3) is 0 Å². The molecule has 1 aliphatic rings. The van der Waals surface area contributed by atoms with Gasteiger partial charge in [-0.1, -0.05) is 44.2 Å². The van der Waals surface area contributed by atoms with Crippen LogP contribution in [0.1, 0.15) is 44.7 Å². The van der Waals surface area contributed by atoms with Crippen molar-refractivity contribution in [3.63, 3.8) is 0 Å². The van der Waals surface area contributed by atoms with Gasteiger partial charge >= 0.3 is 5.97 Å². The third-order valence-electron chi connectivity index (χ3n) is 3.72. The van der Waals surface area contributed by atoms with Gasteiger partial charge in [0.1, 0.15) is 5.71 Å². The predicted octanol–water partition coefficient (Wildman–Crippen LogP) is 1.70. The van der Waals surface area contributed by atoms with Crippen LogP contribution in [0, 0.1) is 5.92 Å². The first kappa shape index (κ1) is 18.6. The number of rotatable bonds is 7. The Balaban J connectivity index is 1.88. The van der Waals surface area contributed by atoms with Crippen LogP contribution in [0.4, 0.5) is 0 Å². The van der Waals surface area contributed by atoms with Gasteiger partial charge in [0.05, 0.1) is 6.04 Å². The van der Waals surface area contributed by atoms with Gasteiger partial charge in [-0.05, 0) is 17.9 Å². The SMILES string of the molecule is CC(C)C[C@@H](NC(=O)COC(=O)C1=NNC(=O)CC1)c1ccccc1. The first-order valence-corrected chi connectivity index (χ1v) is 8.32. The molecule has 0 fully saturated rings. The minimum absolute atomic E-state index is 0.120. The number of hydrazone groups is 1. The molecule has 2 amide bonds. The van der Waals surface area contributed by atoms with Gasteiger partial charge in [-0.15, -0.1) is 0 Å². The summed E-state index contributed by atoms with van der Waals surface area (Å²) in [7, 11) is 0. The van der Waals surface area contributed by atoms with Crippen molar-refractivity contribution in [3.05, 3.63) is 35.9 Å². The molecule has 0 bridgehead atoms. The molecule has 1 heterocycles. The van der Waals surface area contributed by atoms with Gasteiger partial charge in [0, 0.05) is 12.8 Å². The van der Waals surface area contributed by atoms with Crippen LogP contribution in [-0.2, 0) is 19.1 Å². The second kappa shape index (κ2) is 8.96. The Labute approximate surface area is 146 Å². The molecule has 0 aliphatic carbocycles. The molecule has 134 valence electrons. The molecule has 1 aromatic carbocycles. The zero-order valence-electron chi connectivity index (χ0n) is 14.5. The minimum Gasteiger partial charge on any atom is -0.451 e.